The van der Waals surface area contributed by atoms with E-state index in [1.165, 1.54) is 0 Å². The van der Waals surface area contributed by atoms with Crippen molar-refractivity contribution in [3.05, 3.63) is 25.3 Å². The molecule has 31 heavy (non-hydrogen) atoms. The van der Waals surface area contributed by atoms with E-state index in [-0.39, 0.29) is 26.1 Å². The van der Waals surface area contributed by atoms with Crippen LogP contribution in [0.4, 0.5) is 9.59 Å². The van der Waals surface area contributed by atoms with Crippen molar-refractivity contribution < 1.29 is 57.1 Å². The Morgan fingerprint density at radius 1 is 0.806 bits per heavy atom. The summed E-state index contributed by atoms with van der Waals surface area (Å²) in [4.78, 5) is 46.9. The molecule has 0 bridgehead atoms. The Morgan fingerprint density at radius 2 is 1.19 bits per heavy atom. The van der Waals surface area contributed by atoms with Crippen LogP contribution >= 0.6 is 0 Å². The summed E-state index contributed by atoms with van der Waals surface area (Å²) in [6.07, 6.45) is -4.83. The van der Waals surface area contributed by atoms with Crippen molar-refractivity contribution in [1.82, 2.24) is 0 Å². The van der Waals surface area contributed by atoms with E-state index in [4.69, 9.17) is 37.9 Å². The molecule has 1 aliphatic heterocycles. The molecule has 1 aliphatic rings. The summed E-state index contributed by atoms with van der Waals surface area (Å²) in [6.45, 7) is 9.84. The standard InChI is InChI=1S/C19H26O12/c1-5-9-15(26-13(20)7-3)28-17(22)30-19(24-11-12-25-19)31-18(23)29-16(10-6-2)27-14(21)8-4/h7-8,15-16H,3-6,9-12H2,1-2H3. The van der Waals surface area contributed by atoms with E-state index >= 15 is 0 Å². The van der Waals surface area contributed by atoms with Gasteiger partial charge in [-0.1, -0.05) is 27.0 Å². The van der Waals surface area contributed by atoms with Crippen LogP contribution in [-0.4, -0.2) is 56.2 Å². The molecular formula is C19H26O12. The second-order valence-electron chi connectivity index (χ2n) is 5.86. The quantitative estimate of drug-likeness (QED) is 0.188. The summed E-state index contributed by atoms with van der Waals surface area (Å²) >= 11 is 0. The molecule has 12 heteroatoms. The minimum absolute atomic E-state index is 0.0891. The van der Waals surface area contributed by atoms with Crippen molar-refractivity contribution in [3.8, 4) is 0 Å². The largest absolute Gasteiger partial charge is 0.519 e. The highest BCUT2D eigenvalue weighted by molar-refractivity contribution is 5.81. The van der Waals surface area contributed by atoms with Crippen LogP contribution in [0.1, 0.15) is 39.5 Å². The van der Waals surface area contributed by atoms with Crippen LogP contribution in [0.5, 0.6) is 0 Å². The van der Waals surface area contributed by atoms with Crippen LogP contribution in [0.25, 0.3) is 0 Å². The normalized spacial score (nSPS) is 16.2. The van der Waals surface area contributed by atoms with E-state index in [9.17, 15) is 19.2 Å². The Hall–Kier alpha value is -3.12. The van der Waals surface area contributed by atoms with Crippen molar-refractivity contribution in [3.63, 3.8) is 0 Å². The van der Waals surface area contributed by atoms with Gasteiger partial charge in [0.15, 0.2) is 0 Å². The highest BCUT2D eigenvalue weighted by atomic mass is 17.1. The van der Waals surface area contributed by atoms with Gasteiger partial charge in [-0.25, -0.2) is 19.2 Å². The Bertz CT molecular complexity index is 602. The second-order valence-corrected chi connectivity index (χ2v) is 5.86. The van der Waals surface area contributed by atoms with Gasteiger partial charge in [-0.15, -0.1) is 0 Å². The van der Waals surface area contributed by atoms with Gasteiger partial charge in [0.25, 0.3) is 12.6 Å². The zero-order valence-electron chi connectivity index (χ0n) is 17.4. The van der Waals surface area contributed by atoms with Crippen molar-refractivity contribution in [2.24, 2.45) is 0 Å². The van der Waals surface area contributed by atoms with Gasteiger partial charge in [0.1, 0.15) is 0 Å². The van der Waals surface area contributed by atoms with E-state index in [1.54, 1.807) is 13.8 Å². The van der Waals surface area contributed by atoms with E-state index in [0.717, 1.165) is 12.2 Å². The van der Waals surface area contributed by atoms with Crippen LogP contribution in [0.2, 0.25) is 0 Å². The molecule has 0 saturated carbocycles. The van der Waals surface area contributed by atoms with Crippen LogP contribution in [0.15, 0.2) is 25.3 Å². The lowest BCUT2D eigenvalue weighted by molar-refractivity contribution is -0.428. The van der Waals surface area contributed by atoms with Gasteiger partial charge in [-0.05, 0) is 12.8 Å². The van der Waals surface area contributed by atoms with Gasteiger partial charge in [-0.3, -0.25) is 9.47 Å². The highest BCUT2D eigenvalue weighted by Gasteiger charge is 2.49. The van der Waals surface area contributed by atoms with Crippen LogP contribution in [0.3, 0.4) is 0 Å². The Morgan fingerprint density at radius 3 is 1.52 bits per heavy atom. The molecule has 2 unspecified atom stereocenters. The zero-order valence-corrected chi connectivity index (χ0v) is 17.4. The van der Waals surface area contributed by atoms with Crippen LogP contribution < -0.4 is 0 Å². The van der Waals surface area contributed by atoms with Gasteiger partial charge in [0.05, 0.1) is 13.2 Å². The van der Waals surface area contributed by atoms with E-state index < -0.39 is 43.0 Å². The topological polar surface area (TPSA) is 142 Å². The fraction of sp³-hybridized carbons (Fsp3) is 0.579. The molecule has 0 N–H and O–H groups in total. The number of carbonyl (C=O) groups excluding carboxylic acids is 4. The molecule has 1 rings (SSSR count). The molecule has 2 atom stereocenters. The number of hydrogen-bond donors (Lipinski definition) is 0. The maximum atomic E-state index is 12.1. The van der Waals surface area contributed by atoms with Crippen molar-refractivity contribution in [2.75, 3.05) is 13.2 Å². The van der Waals surface area contributed by atoms with Crippen molar-refractivity contribution in [2.45, 2.75) is 58.3 Å². The summed E-state index contributed by atoms with van der Waals surface area (Å²) in [6, 6.07) is 0. The van der Waals surface area contributed by atoms with E-state index in [2.05, 4.69) is 13.2 Å². The van der Waals surface area contributed by atoms with Crippen molar-refractivity contribution >= 4 is 24.2 Å². The first-order valence-corrected chi connectivity index (χ1v) is 9.50. The lowest BCUT2D eigenvalue weighted by Gasteiger charge is -2.26. The Kier molecular flexibility index (Phi) is 11.1. The predicted octanol–water partition coefficient (Wildman–Crippen LogP) is 2.66. The molecule has 0 aromatic rings. The van der Waals surface area contributed by atoms with Gasteiger partial charge >= 0.3 is 30.4 Å². The van der Waals surface area contributed by atoms with E-state index in [0.29, 0.717) is 12.8 Å². The summed E-state index contributed by atoms with van der Waals surface area (Å²) < 4.78 is 39.3. The summed E-state index contributed by atoms with van der Waals surface area (Å²) in [5.41, 5.74) is 0. The summed E-state index contributed by atoms with van der Waals surface area (Å²) in [5.74, 6) is -1.63. The maximum Gasteiger partial charge on any atom is 0.519 e. The molecule has 0 radical (unpaired) electrons. The third kappa shape index (κ3) is 9.49. The minimum Gasteiger partial charge on any atom is -0.422 e. The third-order valence-corrected chi connectivity index (χ3v) is 3.39. The summed E-state index contributed by atoms with van der Waals surface area (Å²) in [5, 5.41) is 0. The van der Waals surface area contributed by atoms with Crippen molar-refractivity contribution in [1.29, 1.82) is 0 Å². The number of carbonyl (C=O) groups is 4. The molecular weight excluding hydrogens is 420 g/mol. The molecule has 12 nitrogen and oxygen atoms in total. The van der Waals surface area contributed by atoms with Crippen LogP contribution in [-0.2, 0) is 47.5 Å². The van der Waals surface area contributed by atoms with Gasteiger partial charge < -0.3 is 28.4 Å². The Labute approximate surface area is 178 Å². The fourth-order valence-electron chi connectivity index (χ4n) is 2.09. The molecule has 1 saturated heterocycles. The van der Waals surface area contributed by atoms with Gasteiger partial charge in [0.2, 0.25) is 0 Å². The molecule has 0 aromatic heterocycles. The smallest absolute Gasteiger partial charge is 0.422 e. The lowest BCUT2D eigenvalue weighted by atomic mass is 10.3. The number of ether oxygens (including phenoxy) is 8. The number of hydrogen-bond acceptors (Lipinski definition) is 12. The first-order valence-electron chi connectivity index (χ1n) is 9.50. The molecule has 0 aromatic carbocycles. The van der Waals surface area contributed by atoms with Gasteiger partial charge in [-0.2, -0.15) is 0 Å². The summed E-state index contributed by atoms with van der Waals surface area (Å²) in [7, 11) is 0. The predicted molar refractivity (Wildman–Crippen MR) is 99.7 cm³/mol. The first kappa shape index (κ1) is 25.9. The molecule has 0 spiro atoms. The fourth-order valence-corrected chi connectivity index (χ4v) is 2.09. The minimum atomic E-state index is -2.59. The average molecular weight is 446 g/mol. The average Bonchev–Trinajstić information content (AvgIpc) is 3.15. The third-order valence-electron chi connectivity index (χ3n) is 3.39. The highest BCUT2D eigenvalue weighted by Crippen LogP contribution is 2.25. The van der Waals surface area contributed by atoms with Crippen LogP contribution in [0, 0.1) is 0 Å². The Balaban J connectivity index is 2.74. The number of rotatable bonds is 12. The monoisotopic (exact) mass is 446 g/mol. The molecule has 1 fully saturated rings. The SMILES string of the molecule is C=CC(=O)OC(CCC)OC(=O)OC1(OC(=O)OC(CCC)OC(=O)C=C)OCCO1. The molecule has 1 heterocycles. The molecule has 0 aliphatic carbocycles. The maximum absolute atomic E-state index is 12.1. The van der Waals surface area contributed by atoms with E-state index in [1.807, 2.05) is 0 Å². The zero-order chi connectivity index (χ0) is 23.3. The number of esters is 2. The van der Waals surface area contributed by atoms with Gasteiger partial charge in [0, 0.05) is 25.0 Å². The first-order chi connectivity index (χ1) is 14.8. The molecule has 174 valence electrons. The molecule has 0 amide bonds. The second kappa shape index (κ2) is 13.2. The lowest BCUT2D eigenvalue weighted by Crippen LogP contribution is -2.43.